The number of hydrogen-bond donors (Lipinski definition) is 0. The van der Waals surface area contributed by atoms with E-state index >= 15 is 0 Å². The van der Waals surface area contributed by atoms with Crippen LogP contribution in [0.2, 0.25) is 0 Å². The lowest BCUT2D eigenvalue weighted by Gasteiger charge is -2.00. The number of terminal acetylenes is 1. The fourth-order valence-corrected chi connectivity index (χ4v) is 0.799. The zero-order chi connectivity index (χ0) is 8.97. The second-order valence-electron chi connectivity index (χ2n) is 2.09. The Hall–Kier alpha value is -1.82. The van der Waals surface area contributed by atoms with Crippen molar-refractivity contribution in [1.82, 2.24) is 4.98 Å². The second-order valence-corrected chi connectivity index (χ2v) is 2.09. The number of rotatable bonds is 2. The molecule has 0 spiro atoms. The number of carbonyl (C=O) groups is 1. The van der Waals surface area contributed by atoms with Crippen molar-refractivity contribution in [3.05, 3.63) is 23.4 Å². The average molecular weight is 161 g/mol. The van der Waals surface area contributed by atoms with Crippen LogP contribution < -0.4 is 4.74 Å². The van der Waals surface area contributed by atoms with E-state index in [2.05, 4.69) is 10.9 Å². The minimum atomic E-state index is 0.364. The van der Waals surface area contributed by atoms with Crippen molar-refractivity contribution < 1.29 is 9.53 Å². The van der Waals surface area contributed by atoms with Crippen molar-refractivity contribution >= 4 is 6.29 Å². The first-order chi connectivity index (χ1) is 5.81. The first kappa shape index (κ1) is 8.28. The average Bonchev–Trinajstić information content (AvgIpc) is 2.16. The number of ether oxygens (including phenoxy) is 1. The second kappa shape index (κ2) is 3.54. The van der Waals surface area contributed by atoms with Gasteiger partial charge in [0.1, 0.15) is 0 Å². The Balaban J connectivity index is 3.21. The molecule has 0 aliphatic heterocycles. The Morgan fingerprint density at radius 2 is 2.50 bits per heavy atom. The number of aromatic nitrogens is 1. The van der Waals surface area contributed by atoms with Crippen LogP contribution in [0, 0.1) is 12.3 Å². The molecule has 0 aromatic carbocycles. The van der Waals surface area contributed by atoms with Gasteiger partial charge in [-0.1, -0.05) is 5.92 Å². The highest BCUT2D eigenvalue weighted by molar-refractivity contribution is 5.75. The summed E-state index contributed by atoms with van der Waals surface area (Å²) < 4.78 is 4.87. The maximum atomic E-state index is 10.3. The smallest absolute Gasteiger partial charge is 0.229 e. The van der Waals surface area contributed by atoms with Gasteiger partial charge in [-0.05, 0) is 6.07 Å². The Labute approximate surface area is 70.4 Å². The summed E-state index contributed by atoms with van der Waals surface area (Å²) in [4.78, 5) is 14.2. The molecule has 0 amide bonds. The maximum Gasteiger partial charge on any atom is 0.229 e. The highest BCUT2D eigenvalue weighted by atomic mass is 16.5. The van der Waals surface area contributed by atoms with E-state index in [1.807, 2.05) is 0 Å². The monoisotopic (exact) mass is 161 g/mol. The molecule has 12 heavy (non-hydrogen) atoms. The summed E-state index contributed by atoms with van der Waals surface area (Å²) in [6.07, 6.45) is 7.26. The van der Waals surface area contributed by atoms with Crippen molar-refractivity contribution in [2.24, 2.45) is 0 Å². The summed E-state index contributed by atoms with van der Waals surface area (Å²) >= 11 is 0. The van der Waals surface area contributed by atoms with Gasteiger partial charge in [-0.3, -0.25) is 4.79 Å². The molecule has 60 valence electrons. The zero-order valence-electron chi connectivity index (χ0n) is 6.57. The molecule has 0 unspecified atom stereocenters. The molecule has 0 aliphatic rings. The predicted molar refractivity (Wildman–Crippen MR) is 44.1 cm³/mol. The highest BCUT2D eigenvalue weighted by Crippen LogP contribution is 2.13. The molecule has 0 radical (unpaired) electrons. The molecule has 0 saturated heterocycles. The molecular weight excluding hydrogens is 154 g/mol. The molecule has 0 saturated carbocycles. The first-order valence-electron chi connectivity index (χ1n) is 3.27. The third kappa shape index (κ3) is 1.43. The van der Waals surface area contributed by atoms with Crippen molar-refractivity contribution in [1.29, 1.82) is 0 Å². The van der Waals surface area contributed by atoms with Crippen LogP contribution in [0.15, 0.2) is 12.3 Å². The Bertz CT molecular complexity index is 339. The molecule has 0 bridgehead atoms. The van der Waals surface area contributed by atoms with Crippen LogP contribution in [-0.2, 0) is 0 Å². The number of aldehydes is 1. The standard InChI is InChI=1S/C9H7NO2/c1-3-8-4-7(6-11)5-10-9(8)12-2/h1,4-6H,2H3. The fourth-order valence-electron chi connectivity index (χ4n) is 0.799. The quantitative estimate of drug-likeness (QED) is 0.477. The third-order valence-electron chi connectivity index (χ3n) is 1.36. The normalized spacial score (nSPS) is 8.67. The van der Waals surface area contributed by atoms with Gasteiger partial charge in [0.25, 0.3) is 0 Å². The van der Waals surface area contributed by atoms with Crippen molar-refractivity contribution in [3.63, 3.8) is 0 Å². The van der Waals surface area contributed by atoms with E-state index in [1.54, 1.807) is 6.07 Å². The van der Waals surface area contributed by atoms with Crippen molar-refractivity contribution in [2.75, 3.05) is 7.11 Å². The van der Waals surface area contributed by atoms with Crippen LogP contribution in [0.1, 0.15) is 15.9 Å². The van der Waals surface area contributed by atoms with E-state index in [1.165, 1.54) is 13.3 Å². The molecule has 3 nitrogen and oxygen atoms in total. The van der Waals surface area contributed by atoms with Crippen LogP contribution in [0.25, 0.3) is 0 Å². The lowest BCUT2D eigenvalue weighted by Crippen LogP contribution is -1.93. The Morgan fingerprint density at radius 1 is 1.75 bits per heavy atom. The van der Waals surface area contributed by atoms with Crippen LogP contribution in [0.3, 0.4) is 0 Å². The van der Waals surface area contributed by atoms with Gasteiger partial charge in [-0.25, -0.2) is 4.98 Å². The summed E-state index contributed by atoms with van der Waals surface area (Å²) in [5, 5.41) is 0. The van der Waals surface area contributed by atoms with Gasteiger partial charge < -0.3 is 4.74 Å². The minimum absolute atomic E-state index is 0.364. The lowest BCUT2D eigenvalue weighted by atomic mass is 10.2. The van der Waals surface area contributed by atoms with Gasteiger partial charge in [-0.15, -0.1) is 6.42 Å². The first-order valence-corrected chi connectivity index (χ1v) is 3.27. The Morgan fingerprint density at radius 3 is 3.00 bits per heavy atom. The SMILES string of the molecule is C#Cc1cc(C=O)cnc1OC. The molecular formula is C9H7NO2. The molecule has 1 rings (SSSR count). The molecule has 0 N–H and O–H groups in total. The van der Waals surface area contributed by atoms with Gasteiger partial charge in [0, 0.05) is 11.8 Å². The summed E-state index contributed by atoms with van der Waals surface area (Å²) in [5.74, 6) is 2.74. The third-order valence-corrected chi connectivity index (χ3v) is 1.36. The van der Waals surface area contributed by atoms with Gasteiger partial charge >= 0.3 is 0 Å². The molecule has 0 aliphatic carbocycles. The van der Waals surface area contributed by atoms with Crippen LogP contribution in [0.5, 0.6) is 5.88 Å². The highest BCUT2D eigenvalue weighted by Gasteiger charge is 2.01. The molecule has 1 heterocycles. The molecule has 0 fully saturated rings. The van der Waals surface area contributed by atoms with E-state index in [0.29, 0.717) is 23.3 Å². The molecule has 0 atom stereocenters. The minimum Gasteiger partial charge on any atom is -0.480 e. The van der Waals surface area contributed by atoms with Crippen molar-refractivity contribution in [3.8, 4) is 18.2 Å². The zero-order valence-corrected chi connectivity index (χ0v) is 6.57. The summed E-state index contributed by atoms with van der Waals surface area (Å²) in [6.45, 7) is 0. The maximum absolute atomic E-state index is 10.3. The number of pyridine rings is 1. The molecule has 1 aromatic heterocycles. The topological polar surface area (TPSA) is 39.2 Å². The van der Waals surface area contributed by atoms with E-state index < -0.39 is 0 Å². The van der Waals surface area contributed by atoms with E-state index in [9.17, 15) is 4.79 Å². The fraction of sp³-hybridized carbons (Fsp3) is 0.111. The Kier molecular flexibility index (Phi) is 2.44. The van der Waals surface area contributed by atoms with Crippen LogP contribution in [-0.4, -0.2) is 18.4 Å². The van der Waals surface area contributed by atoms with E-state index in [0.717, 1.165) is 0 Å². The number of nitrogens with zero attached hydrogens (tertiary/aromatic N) is 1. The molecule has 1 aromatic rings. The summed E-state index contributed by atoms with van der Waals surface area (Å²) in [5.41, 5.74) is 0.936. The molecule has 3 heteroatoms. The van der Waals surface area contributed by atoms with Crippen LogP contribution in [0.4, 0.5) is 0 Å². The van der Waals surface area contributed by atoms with Gasteiger partial charge in [0.2, 0.25) is 5.88 Å². The van der Waals surface area contributed by atoms with Gasteiger partial charge in [-0.2, -0.15) is 0 Å². The van der Waals surface area contributed by atoms with E-state index in [-0.39, 0.29) is 0 Å². The number of hydrogen-bond acceptors (Lipinski definition) is 3. The largest absolute Gasteiger partial charge is 0.480 e. The number of methoxy groups -OCH3 is 1. The lowest BCUT2D eigenvalue weighted by molar-refractivity contribution is 0.112. The van der Waals surface area contributed by atoms with Crippen LogP contribution >= 0.6 is 0 Å². The van der Waals surface area contributed by atoms with E-state index in [4.69, 9.17) is 11.2 Å². The van der Waals surface area contributed by atoms with Gasteiger partial charge in [0.15, 0.2) is 6.29 Å². The van der Waals surface area contributed by atoms with Gasteiger partial charge in [0.05, 0.1) is 12.7 Å². The predicted octanol–water partition coefficient (Wildman–Crippen LogP) is 0.884. The summed E-state index contributed by atoms with van der Waals surface area (Å²) in [6, 6.07) is 1.55. The summed E-state index contributed by atoms with van der Waals surface area (Å²) in [7, 11) is 1.48. The number of carbonyl (C=O) groups excluding carboxylic acids is 1. The van der Waals surface area contributed by atoms with Crippen molar-refractivity contribution in [2.45, 2.75) is 0 Å².